The van der Waals surface area contributed by atoms with Gasteiger partial charge in [0.05, 0.1) is 25.2 Å². The summed E-state index contributed by atoms with van der Waals surface area (Å²) in [5.74, 6) is -0.496. The highest BCUT2D eigenvalue weighted by Crippen LogP contribution is 2.27. The maximum Gasteiger partial charge on any atom is 0.295 e. The molecule has 0 unspecified atom stereocenters. The first-order chi connectivity index (χ1) is 11.5. The number of benzene rings is 1. The Balaban J connectivity index is 1.91. The van der Waals surface area contributed by atoms with E-state index in [-0.39, 0.29) is 0 Å². The summed E-state index contributed by atoms with van der Waals surface area (Å²) in [6, 6.07) is 15.6. The lowest BCUT2D eigenvalue weighted by atomic mass is 10.3. The second-order valence-electron chi connectivity index (χ2n) is 5.03. The maximum atomic E-state index is 12.7. The number of hydrogen-bond acceptors (Lipinski definition) is 4. The zero-order valence-corrected chi connectivity index (χ0v) is 15.1. The third-order valence-electron chi connectivity index (χ3n) is 3.24. The van der Waals surface area contributed by atoms with Gasteiger partial charge in [-0.05, 0) is 48.5 Å². The number of halogens is 1. The second kappa shape index (κ2) is 6.84. The monoisotopic (exact) mass is 376 g/mol. The van der Waals surface area contributed by atoms with Crippen molar-refractivity contribution in [2.45, 2.75) is 4.90 Å². The Kier molecular flexibility index (Phi) is 4.80. The van der Waals surface area contributed by atoms with Gasteiger partial charge in [0.2, 0.25) is 0 Å². The minimum atomic E-state index is -2.82. The Labute approximate surface area is 149 Å². The van der Waals surface area contributed by atoms with Crippen molar-refractivity contribution in [2.24, 2.45) is 4.36 Å². The number of thiophene rings is 1. The van der Waals surface area contributed by atoms with E-state index >= 15 is 0 Å². The van der Waals surface area contributed by atoms with Crippen LogP contribution in [0.4, 0.5) is 0 Å². The van der Waals surface area contributed by atoms with Crippen LogP contribution in [0.5, 0.6) is 0 Å². The van der Waals surface area contributed by atoms with Crippen LogP contribution in [0, 0.1) is 0 Å². The van der Waals surface area contributed by atoms with Gasteiger partial charge in [0.15, 0.2) is 0 Å². The molecule has 0 saturated carbocycles. The molecule has 0 aliphatic heterocycles. The number of carbonyl (C=O) groups is 1. The zero-order valence-electron chi connectivity index (χ0n) is 12.7. The summed E-state index contributed by atoms with van der Waals surface area (Å²) in [7, 11) is -2.82. The summed E-state index contributed by atoms with van der Waals surface area (Å²) >= 11 is 7.11. The van der Waals surface area contributed by atoms with Crippen LogP contribution in [0.15, 0.2) is 70.1 Å². The summed E-state index contributed by atoms with van der Waals surface area (Å²) in [5, 5.41) is 0.540. The quantitative estimate of drug-likeness (QED) is 0.662. The van der Waals surface area contributed by atoms with E-state index in [4.69, 9.17) is 11.6 Å². The molecule has 0 aliphatic rings. The smallest absolute Gasteiger partial charge is 0.265 e. The van der Waals surface area contributed by atoms with Gasteiger partial charge in [-0.2, -0.15) is 4.36 Å². The van der Waals surface area contributed by atoms with Gasteiger partial charge in [0, 0.05) is 22.4 Å². The summed E-state index contributed by atoms with van der Waals surface area (Å²) in [5.41, 5.74) is 0.788. The Morgan fingerprint density at radius 2 is 1.88 bits per heavy atom. The van der Waals surface area contributed by atoms with Crippen LogP contribution in [0.3, 0.4) is 0 Å². The lowest BCUT2D eigenvalue weighted by molar-refractivity contribution is 0.101. The topological polar surface area (TPSA) is 59.4 Å². The lowest BCUT2D eigenvalue weighted by Crippen LogP contribution is -2.02. The van der Waals surface area contributed by atoms with Gasteiger partial charge in [-0.15, -0.1) is 11.3 Å². The standard InChI is InChI=1S/C17H13ClN2O2S2/c1-24(22,13-7-5-12(18)6-8-13)20-17(21)16-10-9-15(23-16)14-4-2-3-11-19-14/h2-11H,1H3/t24-/m1/s1. The number of aromatic nitrogens is 1. The normalized spacial score (nSPS) is 13.2. The SMILES string of the molecule is C[S@](=O)(=NC(=O)c1ccc(-c2ccccn2)s1)c1ccc(Cl)cc1. The van der Waals surface area contributed by atoms with Crippen LogP contribution >= 0.6 is 22.9 Å². The third kappa shape index (κ3) is 3.72. The van der Waals surface area contributed by atoms with E-state index < -0.39 is 15.6 Å². The fourth-order valence-electron chi connectivity index (χ4n) is 2.04. The van der Waals surface area contributed by atoms with Gasteiger partial charge in [0.1, 0.15) is 0 Å². The highest BCUT2D eigenvalue weighted by molar-refractivity contribution is 7.93. The van der Waals surface area contributed by atoms with Crippen molar-refractivity contribution < 1.29 is 9.00 Å². The minimum absolute atomic E-state index is 0.430. The Morgan fingerprint density at radius 3 is 2.54 bits per heavy atom. The summed E-state index contributed by atoms with van der Waals surface area (Å²) in [6.07, 6.45) is 3.14. The van der Waals surface area contributed by atoms with E-state index in [1.165, 1.54) is 17.6 Å². The molecular formula is C17H13ClN2O2S2. The van der Waals surface area contributed by atoms with E-state index in [0.717, 1.165) is 10.6 Å². The molecule has 4 nitrogen and oxygen atoms in total. The average Bonchev–Trinajstić information content (AvgIpc) is 3.06. The van der Waals surface area contributed by atoms with Crippen molar-refractivity contribution in [3.63, 3.8) is 0 Å². The molecule has 0 bridgehead atoms. The Hall–Kier alpha value is -2.02. The number of carbonyl (C=O) groups excluding carboxylic acids is 1. The van der Waals surface area contributed by atoms with Crippen molar-refractivity contribution in [2.75, 3.05) is 6.26 Å². The molecule has 1 amide bonds. The van der Waals surface area contributed by atoms with E-state index in [1.807, 2.05) is 24.3 Å². The van der Waals surface area contributed by atoms with Gasteiger partial charge >= 0.3 is 0 Å². The van der Waals surface area contributed by atoms with Crippen molar-refractivity contribution in [3.05, 3.63) is 70.7 Å². The van der Waals surface area contributed by atoms with Gasteiger partial charge in [0.25, 0.3) is 5.91 Å². The van der Waals surface area contributed by atoms with E-state index in [1.54, 1.807) is 36.5 Å². The predicted molar refractivity (Wildman–Crippen MR) is 98.1 cm³/mol. The molecule has 1 aromatic carbocycles. The summed E-state index contributed by atoms with van der Waals surface area (Å²) in [6.45, 7) is 0. The molecule has 24 heavy (non-hydrogen) atoms. The first kappa shape index (κ1) is 16.8. The molecule has 0 fully saturated rings. The van der Waals surface area contributed by atoms with E-state index in [0.29, 0.717) is 14.8 Å². The van der Waals surface area contributed by atoms with Gasteiger partial charge < -0.3 is 0 Å². The molecule has 0 aliphatic carbocycles. The van der Waals surface area contributed by atoms with Crippen molar-refractivity contribution in [1.29, 1.82) is 0 Å². The lowest BCUT2D eigenvalue weighted by Gasteiger charge is -2.03. The maximum absolute atomic E-state index is 12.7. The molecule has 0 N–H and O–H groups in total. The molecule has 3 rings (SSSR count). The molecule has 1 atom stereocenters. The molecule has 2 heterocycles. The zero-order chi connectivity index (χ0) is 17.2. The Morgan fingerprint density at radius 1 is 1.12 bits per heavy atom. The van der Waals surface area contributed by atoms with Crippen molar-refractivity contribution >= 4 is 38.6 Å². The number of nitrogens with zero attached hydrogens (tertiary/aromatic N) is 2. The summed E-state index contributed by atoms with van der Waals surface area (Å²) in [4.78, 5) is 18.4. The summed E-state index contributed by atoms with van der Waals surface area (Å²) < 4.78 is 16.6. The van der Waals surface area contributed by atoms with Crippen LogP contribution in [0.2, 0.25) is 5.02 Å². The van der Waals surface area contributed by atoms with Gasteiger partial charge in [-0.1, -0.05) is 17.7 Å². The largest absolute Gasteiger partial charge is 0.295 e. The Bertz CT molecular complexity index is 989. The highest BCUT2D eigenvalue weighted by Gasteiger charge is 2.14. The van der Waals surface area contributed by atoms with Crippen molar-refractivity contribution in [1.82, 2.24) is 4.98 Å². The van der Waals surface area contributed by atoms with E-state index in [2.05, 4.69) is 9.35 Å². The average molecular weight is 377 g/mol. The fraction of sp³-hybridized carbons (Fsp3) is 0.0588. The minimum Gasteiger partial charge on any atom is -0.265 e. The molecule has 0 saturated heterocycles. The number of rotatable bonds is 3. The third-order valence-corrected chi connectivity index (χ3v) is 6.25. The van der Waals surface area contributed by atoms with Crippen LogP contribution < -0.4 is 0 Å². The molecule has 7 heteroatoms. The van der Waals surface area contributed by atoms with E-state index in [9.17, 15) is 9.00 Å². The molecule has 122 valence electrons. The molecule has 0 spiro atoms. The van der Waals surface area contributed by atoms with Crippen LogP contribution in [-0.2, 0) is 9.73 Å². The molecule has 0 radical (unpaired) electrons. The van der Waals surface area contributed by atoms with Crippen LogP contribution in [0.1, 0.15) is 9.67 Å². The first-order valence-electron chi connectivity index (χ1n) is 6.99. The molecule has 3 aromatic rings. The van der Waals surface area contributed by atoms with Gasteiger partial charge in [-0.25, -0.2) is 4.21 Å². The number of pyridine rings is 1. The molecular weight excluding hydrogens is 364 g/mol. The predicted octanol–water partition coefficient (Wildman–Crippen LogP) is 4.76. The van der Waals surface area contributed by atoms with Crippen molar-refractivity contribution in [3.8, 4) is 10.6 Å². The van der Waals surface area contributed by atoms with Gasteiger partial charge in [-0.3, -0.25) is 9.78 Å². The van der Waals surface area contributed by atoms with Crippen LogP contribution in [-0.4, -0.2) is 21.4 Å². The molecule has 2 aromatic heterocycles. The second-order valence-corrected chi connectivity index (χ2v) is 8.81. The van der Waals surface area contributed by atoms with Crippen LogP contribution in [0.25, 0.3) is 10.6 Å². The highest BCUT2D eigenvalue weighted by atomic mass is 35.5. The first-order valence-corrected chi connectivity index (χ1v) is 10.1. The fourth-order valence-corrected chi connectivity index (χ4v) is 4.25. The number of hydrogen-bond donors (Lipinski definition) is 0. The number of amides is 1.